The third-order valence-corrected chi connectivity index (χ3v) is 2.98. The fraction of sp³-hybridized carbons (Fsp3) is 0.636. The highest BCUT2D eigenvalue weighted by Gasteiger charge is 2.24. The Labute approximate surface area is 80.5 Å². The van der Waals surface area contributed by atoms with E-state index in [9.17, 15) is 0 Å². The number of rotatable bonds is 1. The van der Waals surface area contributed by atoms with Crippen molar-refractivity contribution in [3.63, 3.8) is 0 Å². The highest BCUT2D eigenvalue weighted by molar-refractivity contribution is 5.28. The zero-order valence-corrected chi connectivity index (χ0v) is 8.53. The maximum Gasteiger partial charge on any atom is 0.0359 e. The lowest BCUT2D eigenvalue weighted by atomic mass is 10.0. The van der Waals surface area contributed by atoms with E-state index in [0.717, 1.165) is 6.54 Å². The summed E-state index contributed by atoms with van der Waals surface area (Å²) < 4.78 is 0. The lowest BCUT2D eigenvalue weighted by molar-refractivity contribution is 0.342. The van der Waals surface area contributed by atoms with Gasteiger partial charge in [0.1, 0.15) is 0 Å². The summed E-state index contributed by atoms with van der Waals surface area (Å²) in [5.41, 5.74) is 1.48. The number of likely N-dealkylation sites (N-methyl/N-ethyl adjacent to an activating group) is 2. The molecule has 1 fully saturated rings. The maximum absolute atomic E-state index is 2.45. The first-order valence-electron chi connectivity index (χ1n) is 5.06. The Balaban J connectivity index is 2.11. The van der Waals surface area contributed by atoms with Gasteiger partial charge in [-0.1, -0.05) is 12.2 Å². The Kier molecular flexibility index (Phi) is 2.40. The Morgan fingerprint density at radius 1 is 1.38 bits per heavy atom. The van der Waals surface area contributed by atoms with Crippen LogP contribution in [0.25, 0.3) is 0 Å². The van der Waals surface area contributed by atoms with Crippen LogP contribution in [0.3, 0.4) is 0 Å². The Morgan fingerprint density at radius 2 is 2.23 bits per heavy atom. The highest BCUT2D eigenvalue weighted by atomic mass is 15.2. The summed E-state index contributed by atoms with van der Waals surface area (Å²) in [5.74, 6) is 0. The molecule has 2 rings (SSSR count). The van der Waals surface area contributed by atoms with E-state index in [-0.39, 0.29) is 0 Å². The third-order valence-electron chi connectivity index (χ3n) is 2.98. The summed E-state index contributed by atoms with van der Waals surface area (Å²) in [6, 6.07) is 0.666. The average Bonchev–Trinajstić information content (AvgIpc) is 2.51. The van der Waals surface area contributed by atoms with Gasteiger partial charge in [0.25, 0.3) is 0 Å². The van der Waals surface area contributed by atoms with Crippen molar-refractivity contribution in [3.8, 4) is 0 Å². The summed E-state index contributed by atoms with van der Waals surface area (Å²) in [7, 11) is 4.36. The van der Waals surface area contributed by atoms with Crippen LogP contribution in [0.1, 0.15) is 12.8 Å². The second kappa shape index (κ2) is 3.54. The molecule has 2 heterocycles. The van der Waals surface area contributed by atoms with Gasteiger partial charge in [0.05, 0.1) is 0 Å². The van der Waals surface area contributed by atoms with Crippen LogP contribution in [0.4, 0.5) is 0 Å². The van der Waals surface area contributed by atoms with Crippen molar-refractivity contribution >= 4 is 0 Å². The largest absolute Gasteiger partial charge is 0.376 e. The van der Waals surface area contributed by atoms with Crippen LogP contribution < -0.4 is 0 Å². The minimum Gasteiger partial charge on any atom is -0.376 e. The van der Waals surface area contributed by atoms with Crippen molar-refractivity contribution in [2.24, 2.45) is 0 Å². The molecular formula is C11H18N2. The van der Waals surface area contributed by atoms with Crippen LogP contribution in [-0.4, -0.2) is 43.0 Å². The number of hydrogen-bond acceptors (Lipinski definition) is 2. The summed E-state index contributed by atoms with van der Waals surface area (Å²) in [4.78, 5) is 4.71. The van der Waals surface area contributed by atoms with E-state index in [2.05, 4.69) is 42.2 Å². The summed E-state index contributed by atoms with van der Waals surface area (Å²) in [5, 5.41) is 0. The second-order valence-electron chi connectivity index (χ2n) is 4.11. The van der Waals surface area contributed by atoms with E-state index in [1.165, 1.54) is 25.0 Å². The SMILES string of the molecule is CN1C=C(C2CCCN2C)C=CC1. The van der Waals surface area contributed by atoms with Crippen LogP contribution in [0, 0.1) is 0 Å². The molecule has 0 N–H and O–H groups in total. The Bertz CT molecular complexity index is 242. The van der Waals surface area contributed by atoms with Crippen molar-refractivity contribution in [2.45, 2.75) is 18.9 Å². The van der Waals surface area contributed by atoms with Gasteiger partial charge in [-0.15, -0.1) is 0 Å². The number of hydrogen-bond donors (Lipinski definition) is 0. The molecule has 0 spiro atoms. The average molecular weight is 178 g/mol. The fourth-order valence-electron chi connectivity index (χ4n) is 2.23. The first kappa shape index (κ1) is 8.82. The highest BCUT2D eigenvalue weighted by Crippen LogP contribution is 2.24. The standard InChI is InChI=1S/C11H18N2/c1-12-7-3-5-10(9-12)11-6-4-8-13(11)2/h3,5,9,11H,4,6-8H2,1-2H3. The van der Waals surface area contributed by atoms with Crippen LogP contribution >= 0.6 is 0 Å². The van der Waals surface area contributed by atoms with Crippen molar-refractivity contribution < 1.29 is 0 Å². The van der Waals surface area contributed by atoms with E-state index >= 15 is 0 Å². The third kappa shape index (κ3) is 1.78. The molecule has 0 aromatic carbocycles. The Morgan fingerprint density at radius 3 is 2.85 bits per heavy atom. The smallest absolute Gasteiger partial charge is 0.0359 e. The molecule has 0 radical (unpaired) electrons. The van der Waals surface area contributed by atoms with Gasteiger partial charge in [-0.3, -0.25) is 4.90 Å². The molecule has 0 aliphatic carbocycles. The first-order valence-corrected chi connectivity index (χ1v) is 5.06. The molecule has 1 atom stereocenters. The molecule has 72 valence electrons. The molecule has 1 unspecified atom stereocenters. The molecule has 0 aromatic rings. The minimum atomic E-state index is 0.666. The number of nitrogens with zero attached hydrogens (tertiary/aromatic N) is 2. The predicted molar refractivity (Wildman–Crippen MR) is 55.5 cm³/mol. The summed E-state index contributed by atoms with van der Waals surface area (Å²) in [6.45, 7) is 2.31. The lowest BCUT2D eigenvalue weighted by Gasteiger charge is -2.25. The van der Waals surface area contributed by atoms with Gasteiger partial charge in [-0.2, -0.15) is 0 Å². The van der Waals surface area contributed by atoms with E-state index in [1.54, 1.807) is 0 Å². The molecular weight excluding hydrogens is 160 g/mol. The first-order chi connectivity index (χ1) is 6.27. The predicted octanol–water partition coefficient (Wildman–Crippen LogP) is 1.47. The quantitative estimate of drug-likeness (QED) is 0.600. The minimum absolute atomic E-state index is 0.666. The second-order valence-corrected chi connectivity index (χ2v) is 4.11. The van der Waals surface area contributed by atoms with Gasteiger partial charge in [-0.25, -0.2) is 0 Å². The van der Waals surface area contributed by atoms with E-state index in [1.807, 2.05) is 0 Å². The van der Waals surface area contributed by atoms with Crippen molar-refractivity contribution in [1.29, 1.82) is 0 Å². The molecule has 0 aromatic heterocycles. The van der Waals surface area contributed by atoms with Crippen molar-refractivity contribution in [3.05, 3.63) is 23.9 Å². The zero-order valence-electron chi connectivity index (χ0n) is 8.53. The molecule has 0 saturated carbocycles. The lowest BCUT2D eigenvalue weighted by Crippen LogP contribution is -2.28. The van der Waals surface area contributed by atoms with Gasteiger partial charge < -0.3 is 4.90 Å². The zero-order chi connectivity index (χ0) is 9.26. The van der Waals surface area contributed by atoms with Gasteiger partial charge >= 0.3 is 0 Å². The van der Waals surface area contributed by atoms with Gasteiger partial charge in [0.2, 0.25) is 0 Å². The van der Waals surface area contributed by atoms with Crippen LogP contribution in [0.15, 0.2) is 23.9 Å². The topological polar surface area (TPSA) is 6.48 Å². The monoisotopic (exact) mass is 178 g/mol. The van der Waals surface area contributed by atoms with Crippen molar-refractivity contribution in [2.75, 3.05) is 27.2 Å². The fourth-order valence-corrected chi connectivity index (χ4v) is 2.23. The molecule has 2 aliphatic rings. The maximum atomic E-state index is 2.45. The molecule has 2 heteroatoms. The molecule has 13 heavy (non-hydrogen) atoms. The normalized spacial score (nSPS) is 29.5. The summed E-state index contributed by atoms with van der Waals surface area (Å²) >= 11 is 0. The number of likely N-dealkylation sites (tertiary alicyclic amines) is 1. The van der Waals surface area contributed by atoms with Crippen LogP contribution in [0.2, 0.25) is 0 Å². The van der Waals surface area contributed by atoms with Gasteiger partial charge in [-0.05, 0) is 32.0 Å². The van der Waals surface area contributed by atoms with Crippen LogP contribution in [0.5, 0.6) is 0 Å². The Hall–Kier alpha value is -0.760. The van der Waals surface area contributed by atoms with Gasteiger partial charge in [0.15, 0.2) is 0 Å². The molecule has 2 nitrogen and oxygen atoms in total. The van der Waals surface area contributed by atoms with E-state index < -0.39 is 0 Å². The summed E-state index contributed by atoms with van der Waals surface area (Å²) in [6.07, 6.45) is 9.48. The van der Waals surface area contributed by atoms with Crippen LogP contribution in [-0.2, 0) is 0 Å². The molecule has 1 saturated heterocycles. The van der Waals surface area contributed by atoms with Gasteiger partial charge in [0, 0.05) is 25.8 Å². The van der Waals surface area contributed by atoms with E-state index in [0.29, 0.717) is 6.04 Å². The molecule has 0 bridgehead atoms. The molecule has 2 aliphatic heterocycles. The molecule has 0 amide bonds. The van der Waals surface area contributed by atoms with E-state index in [4.69, 9.17) is 0 Å². The van der Waals surface area contributed by atoms with Crippen molar-refractivity contribution in [1.82, 2.24) is 9.80 Å².